The summed E-state index contributed by atoms with van der Waals surface area (Å²) < 4.78 is 23.2. The number of pyridine rings is 1. The number of sulfone groups is 1. The lowest BCUT2D eigenvalue weighted by molar-refractivity contribution is 0.0954. The monoisotopic (exact) mass is 398 g/mol. The lowest BCUT2D eigenvalue weighted by Gasteiger charge is -2.13. The van der Waals surface area contributed by atoms with Gasteiger partial charge in [-0.3, -0.25) is 9.78 Å². The highest BCUT2D eigenvalue weighted by molar-refractivity contribution is 7.91. The van der Waals surface area contributed by atoms with Gasteiger partial charge in [0.2, 0.25) is 0 Å². The van der Waals surface area contributed by atoms with Crippen LogP contribution in [-0.2, 0) is 16.3 Å². The van der Waals surface area contributed by atoms with Gasteiger partial charge in [-0.15, -0.1) is 0 Å². The number of nitrogens with one attached hydrogen (secondary N) is 3. The highest BCUT2D eigenvalue weighted by Crippen LogP contribution is 2.19. The molecule has 8 heteroatoms. The summed E-state index contributed by atoms with van der Waals surface area (Å²) >= 11 is 0. The highest BCUT2D eigenvalue weighted by Gasteiger charge is 2.27. The summed E-state index contributed by atoms with van der Waals surface area (Å²) in [6, 6.07) is 9.64. The second-order valence-corrected chi connectivity index (χ2v) is 9.30. The van der Waals surface area contributed by atoms with E-state index in [0.717, 1.165) is 22.9 Å². The van der Waals surface area contributed by atoms with Crippen molar-refractivity contribution in [2.24, 2.45) is 0 Å². The lowest BCUT2D eigenvalue weighted by atomic mass is 10.1. The second-order valence-electron chi connectivity index (χ2n) is 7.07. The van der Waals surface area contributed by atoms with Crippen molar-refractivity contribution < 1.29 is 13.2 Å². The number of carbonyl (C=O) groups excluding carboxylic acids is 1. The van der Waals surface area contributed by atoms with Crippen LogP contribution in [0.15, 0.2) is 48.9 Å². The van der Waals surface area contributed by atoms with Crippen LogP contribution in [0.5, 0.6) is 0 Å². The molecule has 1 saturated heterocycles. The molecular weight excluding hydrogens is 376 g/mol. The molecule has 1 aliphatic rings. The maximum absolute atomic E-state index is 12.4. The molecule has 3 aromatic rings. The number of carbonyl (C=O) groups is 1. The highest BCUT2D eigenvalue weighted by atomic mass is 32.2. The van der Waals surface area contributed by atoms with Crippen LogP contribution < -0.4 is 10.6 Å². The Bertz CT molecular complexity index is 1110. The van der Waals surface area contributed by atoms with E-state index < -0.39 is 9.84 Å². The van der Waals surface area contributed by atoms with E-state index in [0.29, 0.717) is 24.2 Å². The van der Waals surface area contributed by atoms with E-state index in [1.165, 1.54) is 6.20 Å². The lowest BCUT2D eigenvalue weighted by Crippen LogP contribution is -2.26. The number of benzene rings is 1. The average molecular weight is 398 g/mol. The van der Waals surface area contributed by atoms with Gasteiger partial charge in [0.05, 0.1) is 22.8 Å². The molecule has 1 aliphatic heterocycles. The SMILES string of the molecule is O=C(NCCc1c[nH]c2ccccc12)c1cncc(NC2CCS(=O)(=O)C2)c1. The molecule has 3 N–H and O–H groups in total. The Balaban J connectivity index is 1.34. The average Bonchev–Trinajstić information content (AvgIpc) is 3.25. The van der Waals surface area contributed by atoms with Crippen LogP contribution in [-0.4, -0.2) is 48.4 Å². The number of para-hydroxylation sites is 1. The fourth-order valence-corrected chi connectivity index (χ4v) is 5.21. The third-order valence-electron chi connectivity index (χ3n) is 4.96. The minimum Gasteiger partial charge on any atom is -0.380 e. The number of anilines is 1. The fraction of sp³-hybridized carbons (Fsp3) is 0.300. The van der Waals surface area contributed by atoms with Crippen molar-refractivity contribution in [1.82, 2.24) is 15.3 Å². The van der Waals surface area contributed by atoms with Gasteiger partial charge >= 0.3 is 0 Å². The summed E-state index contributed by atoms with van der Waals surface area (Å²) in [5, 5.41) is 7.25. The second kappa shape index (κ2) is 7.63. The van der Waals surface area contributed by atoms with E-state index in [-0.39, 0.29) is 23.5 Å². The third kappa shape index (κ3) is 4.17. The van der Waals surface area contributed by atoms with Crippen molar-refractivity contribution in [2.45, 2.75) is 18.9 Å². The Morgan fingerprint density at radius 3 is 2.93 bits per heavy atom. The van der Waals surface area contributed by atoms with Crippen LogP contribution >= 0.6 is 0 Å². The Hall–Kier alpha value is -2.87. The molecule has 1 atom stereocenters. The van der Waals surface area contributed by atoms with Gasteiger partial charge in [-0.25, -0.2) is 8.42 Å². The number of amides is 1. The van der Waals surface area contributed by atoms with Crippen molar-refractivity contribution in [2.75, 3.05) is 23.4 Å². The number of aromatic amines is 1. The van der Waals surface area contributed by atoms with Gasteiger partial charge < -0.3 is 15.6 Å². The van der Waals surface area contributed by atoms with Gasteiger partial charge in [-0.2, -0.15) is 0 Å². The molecule has 0 aliphatic carbocycles. The third-order valence-corrected chi connectivity index (χ3v) is 6.73. The molecule has 0 saturated carbocycles. The van der Waals surface area contributed by atoms with Crippen LogP contribution in [0.2, 0.25) is 0 Å². The van der Waals surface area contributed by atoms with E-state index in [1.807, 2.05) is 24.4 Å². The van der Waals surface area contributed by atoms with Crippen LogP contribution in [0.1, 0.15) is 22.3 Å². The number of nitrogens with zero attached hydrogens (tertiary/aromatic N) is 1. The molecule has 2 aromatic heterocycles. The largest absolute Gasteiger partial charge is 0.380 e. The summed E-state index contributed by atoms with van der Waals surface area (Å²) in [6.45, 7) is 0.513. The first-order valence-corrected chi connectivity index (χ1v) is 11.1. The fourth-order valence-electron chi connectivity index (χ4n) is 3.54. The van der Waals surface area contributed by atoms with E-state index in [9.17, 15) is 13.2 Å². The minimum atomic E-state index is -2.96. The molecule has 0 bridgehead atoms. The van der Waals surface area contributed by atoms with Crippen molar-refractivity contribution in [3.05, 3.63) is 60.0 Å². The number of rotatable bonds is 6. The zero-order valence-electron chi connectivity index (χ0n) is 15.3. The molecule has 1 aromatic carbocycles. The number of H-pyrrole nitrogens is 1. The predicted molar refractivity (Wildman–Crippen MR) is 109 cm³/mol. The van der Waals surface area contributed by atoms with Crippen LogP contribution in [0.3, 0.4) is 0 Å². The summed E-state index contributed by atoms with van der Waals surface area (Å²) in [4.78, 5) is 19.8. The number of hydrogen-bond acceptors (Lipinski definition) is 5. The van der Waals surface area contributed by atoms with E-state index >= 15 is 0 Å². The predicted octanol–water partition coefficient (Wildman–Crippen LogP) is 2.13. The summed E-state index contributed by atoms with van der Waals surface area (Å²) in [5.74, 6) is 0.121. The molecule has 0 radical (unpaired) electrons. The topological polar surface area (TPSA) is 104 Å². The molecule has 7 nitrogen and oxygen atoms in total. The Morgan fingerprint density at radius 2 is 2.11 bits per heavy atom. The molecule has 1 unspecified atom stereocenters. The molecule has 1 amide bonds. The van der Waals surface area contributed by atoms with Crippen LogP contribution in [0, 0.1) is 0 Å². The van der Waals surface area contributed by atoms with Gasteiger partial charge in [-0.05, 0) is 30.5 Å². The number of hydrogen-bond donors (Lipinski definition) is 3. The molecule has 3 heterocycles. The van der Waals surface area contributed by atoms with Gasteiger partial charge in [0.15, 0.2) is 9.84 Å². The first-order chi connectivity index (χ1) is 13.5. The quantitative estimate of drug-likeness (QED) is 0.590. The minimum absolute atomic E-state index is 0.119. The van der Waals surface area contributed by atoms with Gasteiger partial charge in [-0.1, -0.05) is 18.2 Å². The molecule has 4 rings (SSSR count). The smallest absolute Gasteiger partial charge is 0.252 e. The van der Waals surface area contributed by atoms with Crippen molar-refractivity contribution >= 4 is 32.3 Å². The maximum atomic E-state index is 12.4. The van der Waals surface area contributed by atoms with Crippen molar-refractivity contribution in [1.29, 1.82) is 0 Å². The van der Waals surface area contributed by atoms with E-state index in [4.69, 9.17) is 0 Å². The van der Waals surface area contributed by atoms with Crippen molar-refractivity contribution in [3.8, 4) is 0 Å². The van der Waals surface area contributed by atoms with Crippen molar-refractivity contribution in [3.63, 3.8) is 0 Å². The Labute approximate surface area is 163 Å². The summed E-state index contributed by atoms with van der Waals surface area (Å²) in [7, 11) is -2.96. The molecule has 1 fully saturated rings. The van der Waals surface area contributed by atoms with Crippen LogP contribution in [0.4, 0.5) is 5.69 Å². The Kier molecular flexibility index (Phi) is 5.04. The molecule has 28 heavy (non-hydrogen) atoms. The molecular formula is C20H22N4O3S. The zero-order chi connectivity index (χ0) is 19.6. The summed E-state index contributed by atoms with van der Waals surface area (Å²) in [6.07, 6.45) is 6.38. The normalized spacial score (nSPS) is 18.2. The number of fused-ring (bicyclic) bond motifs is 1. The van der Waals surface area contributed by atoms with E-state index in [1.54, 1.807) is 12.3 Å². The first-order valence-electron chi connectivity index (χ1n) is 9.25. The Morgan fingerprint density at radius 1 is 1.25 bits per heavy atom. The number of aromatic nitrogens is 2. The van der Waals surface area contributed by atoms with Gasteiger partial charge in [0.25, 0.3) is 5.91 Å². The first kappa shape index (κ1) is 18.5. The summed E-state index contributed by atoms with van der Waals surface area (Å²) in [5.41, 5.74) is 3.35. The molecule has 146 valence electrons. The zero-order valence-corrected chi connectivity index (χ0v) is 16.1. The standard InChI is InChI=1S/C20H22N4O3S/c25-20(22-7-5-14-11-23-19-4-2-1-3-18(14)19)15-9-17(12-21-10-15)24-16-6-8-28(26,27)13-16/h1-4,9-12,16,23-24H,5-8,13H2,(H,22,25). The maximum Gasteiger partial charge on any atom is 0.252 e. The van der Waals surface area contributed by atoms with E-state index in [2.05, 4.69) is 26.7 Å². The molecule has 0 spiro atoms. The van der Waals surface area contributed by atoms with Gasteiger partial charge in [0, 0.05) is 42.1 Å². The van der Waals surface area contributed by atoms with Crippen LogP contribution in [0.25, 0.3) is 10.9 Å². The van der Waals surface area contributed by atoms with Gasteiger partial charge in [0.1, 0.15) is 0 Å².